The van der Waals surface area contributed by atoms with Crippen LogP contribution in [0, 0.1) is 6.92 Å². The summed E-state index contributed by atoms with van der Waals surface area (Å²) in [6.45, 7) is 8.85. The molecular weight excluding hydrogens is 323 g/mol. The third-order valence-electron chi connectivity index (χ3n) is 2.31. The van der Waals surface area contributed by atoms with Gasteiger partial charge in [-0.2, -0.15) is 0 Å². The summed E-state index contributed by atoms with van der Waals surface area (Å²) in [5.74, 6) is 0.0376. The van der Waals surface area contributed by atoms with Gasteiger partial charge in [-0.3, -0.25) is 9.59 Å². The molecule has 2 aromatic heterocycles. The predicted molar refractivity (Wildman–Crippen MR) is 91.8 cm³/mol. The Morgan fingerprint density at radius 1 is 1.04 bits per heavy atom. The minimum absolute atomic E-state index is 0. The molecule has 0 aliphatic heterocycles. The second kappa shape index (κ2) is 14.7. The van der Waals surface area contributed by atoms with Gasteiger partial charge in [0.15, 0.2) is 11.6 Å². The van der Waals surface area contributed by atoms with E-state index >= 15 is 0 Å². The average molecular weight is 349 g/mol. The molecule has 124 valence electrons. The molecule has 2 aromatic rings. The molecule has 23 heavy (non-hydrogen) atoms. The topological polar surface area (TPSA) is 91.5 Å². The molecule has 0 amide bonds. The third-order valence-corrected chi connectivity index (χ3v) is 3.01. The number of hydrogen-bond donors (Lipinski definition) is 2. The number of imidazole rings is 2. The van der Waals surface area contributed by atoms with Gasteiger partial charge in [-0.15, -0.1) is 11.8 Å². The van der Waals surface area contributed by atoms with Crippen LogP contribution in [-0.2, 0) is 0 Å². The maximum Gasteiger partial charge on any atom is 1.00 e. The van der Waals surface area contributed by atoms with Gasteiger partial charge in [-0.1, -0.05) is 21.3 Å². The van der Waals surface area contributed by atoms with Gasteiger partial charge in [0.25, 0.3) is 0 Å². The van der Waals surface area contributed by atoms with Gasteiger partial charge in [-0.25, -0.2) is 9.97 Å². The molecule has 2 N–H and O–H groups in total. The fourth-order valence-corrected chi connectivity index (χ4v) is 1.97. The smallest absolute Gasteiger partial charge is 0.348 e. The molecule has 6 nitrogen and oxygen atoms in total. The van der Waals surface area contributed by atoms with Crippen molar-refractivity contribution in [1.82, 2.24) is 19.9 Å². The van der Waals surface area contributed by atoms with Crippen LogP contribution in [0.3, 0.4) is 0 Å². The Morgan fingerprint density at radius 3 is 1.83 bits per heavy atom. The minimum atomic E-state index is 0. The first-order valence-corrected chi connectivity index (χ1v) is 7.79. The van der Waals surface area contributed by atoms with Crippen LogP contribution in [0.1, 0.15) is 61.8 Å². The number of rotatable bonds is 3. The second-order valence-electron chi connectivity index (χ2n) is 3.78. The van der Waals surface area contributed by atoms with Crippen LogP contribution in [-0.4, -0.2) is 37.8 Å². The van der Waals surface area contributed by atoms with E-state index in [2.05, 4.69) is 19.9 Å². The standard InChI is InChI=1S/C6H8N2OS.C6H8N2O.C2H6.CH4.Na/c1-4(9)5-6(10-2)8-3-7-5;1-4-6(5(2)9)8-3-7-4;1-2;;/h3H,1-2H3,(H,7,8);3H,1-2H3,(H,7,8);1-2H3;1H4;/q;;;;+1. The summed E-state index contributed by atoms with van der Waals surface area (Å²) in [5, 5.41) is 0.771. The molecule has 0 bridgehead atoms. The summed E-state index contributed by atoms with van der Waals surface area (Å²) in [6.07, 6.45) is 4.94. The number of ketones is 2. The van der Waals surface area contributed by atoms with E-state index in [-0.39, 0.29) is 48.6 Å². The van der Waals surface area contributed by atoms with E-state index in [4.69, 9.17) is 0 Å². The molecular formula is C15H26N4NaO2S+. The van der Waals surface area contributed by atoms with Crippen LogP contribution < -0.4 is 29.6 Å². The van der Waals surface area contributed by atoms with Crippen molar-refractivity contribution in [2.24, 2.45) is 0 Å². The molecule has 0 fully saturated rings. The summed E-state index contributed by atoms with van der Waals surface area (Å²) < 4.78 is 0. The molecule has 0 aliphatic carbocycles. The molecule has 2 rings (SSSR count). The number of aryl methyl sites for hydroxylation is 1. The molecule has 0 atom stereocenters. The van der Waals surface area contributed by atoms with Gasteiger partial charge in [0, 0.05) is 19.5 Å². The predicted octanol–water partition coefficient (Wildman–Crippen LogP) is 0.921. The van der Waals surface area contributed by atoms with Crippen molar-refractivity contribution in [3.63, 3.8) is 0 Å². The maximum absolute atomic E-state index is 10.8. The maximum atomic E-state index is 10.8. The minimum Gasteiger partial charge on any atom is -0.348 e. The summed E-state index contributed by atoms with van der Waals surface area (Å²) in [7, 11) is 0. The average Bonchev–Trinajstić information content (AvgIpc) is 3.09. The first kappa shape index (κ1) is 27.0. The van der Waals surface area contributed by atoms with Crippen LogP contribution in [0.25, 0.3) is 0 Å². The Hall–Kier alpha value is -0.890. The molecule has 0 radical (unpaired) electrons. The zero-order valence-electron chi connectivity index (χ0n) is 14.3. The van der Waals surface area contributed by atoms with E-state index in [1.807, 2.05) is 27.0 Å². The van der Waals surface area contributed by atoms with E-state index in [1.54, 1.807) is 0 Å². The van der Waals surface area contributed by atoms with E-state index < -0.39 is 0 Å². The Kier molecular flexibility index (Phi) is 17.2. The van der Waals surface area contributed by atoms with E-state index in [0.717, 1.165) is 10.7 Å². The molecule has 0 spiro atoms. The number of H-pyrrole nitrogens is 2. The Labute approximate surface area is 165 Å². The van der Waals surface area contributed by atoms with Crippen LogP contribution in [0.2, 0.25) is 0 Å². The van der Waals surface area contributed by atoms with Gasteiger partial charge in [0.1, 0.15) is 16.4 Å². The number of carbonyl (C=O) groups excluding carboxylic acids is 2. The summed E-state index contributed by atoms with van der Waals surface area (Å²) in [5.41, 5.74) is 1.98. The first-order valence-electron chi connectivity index (χ1n) is 6.56. The number of nitrogens with zero attached hydrogens (tertiary/aromatic N) is 2. The van der Waals surface area contributed by atoms with Gasteiger partial charge < -0.3 is 9.97 Å². The van der Waals surface area contributed by atoms with Crippen molar-refractivity contribution < 1.29 is 39.1 Å². The molecule has 0 aliphatic rings. The summed E-state index contributed by atoms with van der Waals surface area (Å²) in [4.78, 5) is 34.8. The Bertz CT molecular complexity index is 582. The Balaban J connectivity index is -0.000000292. The fraction of sp³-hybridized carbons (Fsp3) is 0.467. The molecule has 0 saturated carbocycles. The summed E-state index contributed by atoms with van der Waals surface area (Å²) in [6, 6.07) is 0. The van der Waals surface area contributed by atoms with Crippen molar-refractivity contribution in [1.29, 1.82) is 0 Å². The number of aromatic amines is 2. The number of carbonyl (C=O) groups is 2. The van der Waals surface area contributed by atoms with E-state index in [9.17, 15) is 9.59 Å². The van der Waals surface area contributed by atoms with Crippen molar-refractivity contribution >= 4 is 23.3 Å². The van der Waals surface area contributed by atoms with Crippen LogP contribution in [0.5, 0.6) is 0 Å². The number of Topliss-reactive ketones (excluding diaryl/α,β-unsaturated/α-hetero) is 2. The van der Waals surface area contributed by atoms with Gasteiger partial charge in [-0.05, 0) is 13.2 Å². The first-order chi connectivity index (χ1) is 9.97. The zero-order chi connectivity index (χ0) is 16.4. The fourth-order valence-electron chi connectivity index (χ4n) is 1.40. The normalized spacial score (nSPS) is 8.26. The van der Waals surface area contributed by atoms with Crippen LogP contribution in [0.15, 0.2) is 17.7 Å². The SMILES string of the molecule is C.CC.CC(=O)c1nc[nH]c1C.CSc1nc[nH]c1C(C)=O.[Na+]. The van der Waals surface area contributed by atoms with Crippen molar-refractivity contribution in [3.8, 4) is 0 Å². The molecule has 0 unspecified atom stereocenters. The number of aromatic nitrogens is 4. The van der Waals surface area contributed by atoms with Crippen LogP contribution in [0.4, 0.5) is 0 Å². The number of thioether (sulfide) groups is 1. The zero-order valence-corrected chi connectivity index (χ0v) is 17.1. The quantitative estimate of drug-likeness (QED) is 0.488. The monoisotopic (exact) mass is 349 g/mol. The van der Waals surface area contributed by atoms with Crippen molar-refractivity contribution in [2.45, 2.75) is 47.1 Å². The Morgan fingerprint density at radius 2 is 1.57 bits per heavy atom. The van der Waals surface area contributed by atoms with Gasteiger partial charge in [0.05, 0.1) is 12.7 Å². The van der Waals surface area contributed by atoms with E-state index in [0.29, 0.717) is 11.4 Å². The third kappa shape index (κ3) is 9.10. The summed E-state index contributed by atoms with van der Waals surface area (Å²) >= 11 is 1.47. The van der Waals surface area contributed by atoms with Gasteiger partial charge >= 0.3 is 29.6 Å². The van der Waals surface area contributed by atoms with Crippen LogP contribution >= 0.6 is 11.8 Å². The number of hydrogen-bond acceptors (Lipinski definition) is 5. The molecule has 8 heteroatoms. The second-order valence-corrected chi connectivity index (χ2v) is 4.57. The molecule has 0 aromatic carbocycles. The van der Waals surface area contributed by atoms with Crippen molar-refractivity contribution in [2.75, 3.05) is 6.26 Å². The van der Waals surface area contributed by atoms with Crippen molar-refractivity contribution in [3.05, 3.63) is 29.7 Å². The molecule has 0 saturated heterocycles. The largest absolute Gasteiger partial charge is 1.00 e. The van der Waals surface area contributed by atoms with Gasteiger partial charge in [0.2, 0.25) is 0 Å². The number of nitrogens with one attached hydrogen (secondary N) is 2. The van der Waals surface area contributed by atoms with E-state index in [1.165, 1.54) is 38.3 Å². The molecule has 2 heterocycles.